The number of hydrogen-bond acceptors (Lipinski definition) is 4. The van der Waals surface area contributed by atoms with Crippen LogP contribution in [-0.4, -0.2) is 26.2 Å². The lowest BCUT2D eigenvalue weighted by molar-refractivity contribution is 0.0601. The van der Waals surface area contributed by atoms with Gasteiger partial charge in [-0.25, -0.2) is 4.79 Å². The van der Waals surface area contributed by atoms with Crippen molar-refractivity contribution in [2.24, 2.45) is 5.73 Å². The van der Waals surface area contributed by atoms with E-state index >= 15 is 0 Å². The van der Waals surface area contributed by atoms with Crippen molar-refractivity contribution in [3.63, 3.8) is 0 Å². The Morgan fingerprint density at radius 2 is 1.65 bits per heavy atom. The average molecular weight is 278 g/mol. The van der Waals surface area contributed by atoms with Gasteiger partial charge in [-0.05, 0) is 43.7 Å². The SMILES string of the molecule is COC(=O)c1ccc(NCCCCCCCCN)cc1. The third kappa shape index (κ3) is 6.57. The molecule has 0 aromatic heterocycles. The Kier molecular flexibility index (Phi) is 8.47. The van der Waals surface area contributed by atoms with Crippen LogP contribution in [0.15, 0.2) is 24.3 Å². The summed E-state index contributed by atoms with van der Waals surface area (Å²) in [6, 6.07) is 7.38. The molecule has 0 atom stereocenters. The molecular formula is C16H26N2O2. The second kappa shape index (κ2) is 10.3. The van der Waals surface area contributed by atoms with Gasteiger partial charge in [0.2, 0.25) is 0 Å². The van der Waals surface area contributed by atoms with Crippen LogP contribution in [-0.2, 0) is 4.74 Å². The van der Waals surface area contributed by atoms with Crippen LogP contribution in [0.25, 0.3) is 0 Å². The van der Waals surface area contributed by atoms with Crippen LogP contribution in [0.1, 0.15) is 48.9 Å². The lowest BCUT2D eigenvalue weighted by Crippen LogP contribution is -2.03. The molecule has 0 fully saturated rings. The van der Waals surface area contributed by atoms with Gasteiger partial charge in [0.25, 0.3) is 0 Å². The van der Waals surface area contributed by atoms with Crippen molar-refractivity contribution < 1.29 is 9.53 Å². The highest BCUT2D eigenvalue weighted by Crippen LogP contribution is 2.11. The van der Waals surface area contributed by atoms with Crippen LogP contribution in [0.5, 0.6) is 0 Å². The smallest absolute Gasteiger partial charge is 0.337 e. The molecule has 0 aliphatic heterocycles. The van der Waals surface area contributed by atoms with Gasteiger partial charge < -0.3 is 15.8 Å². The van der Waals surface area contributed by atoms with E-state index in [1.54, 1.807) is 12.1 Å². The fourth-order valence-electron chi connectivity index (χ4n) is 2.05. The van der Waals surface area contributed by atoms with E-state index in [4.69, 9.17) is 5.73 Å². The third-order valence-corrected chi connectivity index (χ3v) is 3.27. The van der Waals surface area contributed by atoms with Gasteiger partial charge in [0.1, 0.15) is 0 Å². The number of ether oxygens (including phenoxy) is 1. The van der Waals surface area contributed by atoms with E-state index in [1.165, 1.54) is 39.2 Å². The van der Waals surface area contributed by atoms with E-state index < -0.39 is 0 Å². The number of unbranched alkanes of at least 4 members (excludes halogenated alkanes) is 5. The molecule has 0 amide bonds. The Morgan fingerprint density at radius 3 is 2.25 bits per heavy atom. The fraction of sp³-hybridized carbons (Fsp3) is 0.562. The number of rotatable bonds is 10. The first-order chi connectivity index (χ1) is 9.77. The van der Waals surface area contributed by atoms with Crippen LogP contribution >= 0.6 is 0 Å². The molecule has 0 saturated carbocycles. The first-order valence-electron chi connectivity index (χ1n) is 7.40. The predicted molar refractivity (Wildman–Crippen MR) is 83.0 cm³/mol. The summed E-state index contributed by atoms with van der Waals surface area (Å²) in [5.74, 6) is -0.297. The number of nitrogens with one attached hydrogen (secondary N) is 1. The highest BCUT2D eigenvalue weighted by Gasteiger charge is 2.03. The molecule has 0 aliphatic carbocycles. The van der Waals surface area contributed by atoms with Crippen LogP contribution in [0.3, 0.4) is 0 Å². The fourth-order valence-corrected chi connectivity index (χ4v) is 2.05. The number of methoxy groups -OCH3 is 1. The first-order valence-corrected chi connectivity index (χ1v) is 7.40. The predicted octanol–water partition coefficient (Wildman–Crippen LogP) is 3.18. The largest absolute Gasteiger partial charge is 0.465 e. The molecule has 0 bridgehead atoms. The second-order valence-electron chi connectivity index (χ2n) is 4.91. The molecule has 1 aromatic carbocycles. The number of nitrogens with two attached hydrogens (primary N) is 1. The molecule has 0 unspecified atom stereocenters. The Labute approximate surface area is 121 Å². The molecule has 0 spiro atoms. The van der Waals surface area contributed by atoms with Crippen molar-refractivity contribution >= 4 is 11.7 Å². The molecule has 0 heterocycles. The van der Waals surface area contributed by atoms with Gasteiger partial charge in [-0.1, -0.05) is 25.7 Å². The molecule has 4 nitrogen and oxygen atoms in total. The number of esters is 1. The van der Waals surface area contributed by atoms with E-state index in [0.29, 0.717) is 5.56 Å². The molecular weight excluding hydrogens is 252 g/mol. The van der Waals surface area contributed by atoms with Crippen molar-refractivity contribution in [2.75, 3.05) is 25.5 Å². The summed E-state index contributed by atoms with van der Waals surface area (Å²) in [5.41, 5.74) is 7.08. The standard InChI is InChI=1S/C16H26N2O2/c1-20-16(19)14-8-10-15(11-9-14)18-13-7-5-3-2-4-6-12-17/h8-11,18H,2-7,12-13,17H2,1H3. The maximum atomic E-state index is 11.3. The molecule has 20 heavy (non-hydrogen) atoms. The maximum Gasteiger partial charge on any atom is 0.337 e. The summed E-state index contributed by atoms with van der Waals surface area (Å²) in [6.45, 7) is 1.78. The summed E-state index contributed by atoms with van der Waals surface area (Å²) >= 11 is 0. The second-order valence-corrected chi connectivity index (χ2v) is 4.91. The quantitative estimate of drug-likeness (QED) is 0.509. The molecule has 3 N–H and O–H groups in total. The molecule has 0 saturated heterocycles. The monoisotopic (exact) mass is 278 g/mol. The number of anilines is 1. The van der Waals surface area contributed by atoms with Gasteiger partial charge >= 0.3 is 5.97 Å². The van der Waals surface area contributed by atoms with Crippen LogP contribution in [0.2, 0.25) is 0 Å². The van der Waals surface area contributed by atoms with Gasteiger partial charge in [-0.15, -0.1) is 0 Å². The summed E-state index contributed by atoms with van der Waals surface area (Å²) in [5, 5.41) is 3.36. The Morgan fingerprint density at radius 1 is 1.05 bits per heavy atom. The number of benzene rings is 1. The lowest BCUT2D eigenvalue weighted by atomic mass is 10.1. The molecule has 0 aliphatic rings. The van der Waals surface area contributed by atoms with Crippen LogP contribution in [0.4, 0.5) is 5.69 Å². The summed E-state index contributed by atoms with van der Waals surface area (Å²) in [4.78, 5) is 11.3. The van der Waals surface area contributed by atoms with Gasteiger partial charge in [0, 0.05) is 12.2 Å². The third-order valence-electron chi connectivity index (χ3n) is 3.27. The molecule has 1 rings (SSSR count). The minimum Gasteiger partial charge on any atom is -0.465 e. The van der Waals surface area contributed by atoms with Crippen molar-refractivity contribution in [1.82, 2.24) is 0 Å². The zero-order valence-electron chi connectivity index (χ0n) is 12.4. The maximum absolute atomic E-state index is 11.3. The van der Waals surface area contributed by atoms with Crippen molar-refractivity contribution in [2.45, 2.75) is 38.5 Å². The van der Waals surface area contributed by atoms with Gasteiger partial charge in [-0.2, -0.15) is 0 Å². The molecule has 112 valence electrons. The lowest BCUT2D eigenvalue weighted by Gasteiger charge is -2.07. The summed E-state index contributed by atoms with van der Waals surface area (Å²) in [6.07, 6.45) is 7.37. The summed E-state index contributed by atoms with van der Waals surface area (Å²) < 4.78 is 4.66. The number of hydrogen-bond donors (Lipinski definition) is 2. The van der Waals surface area contributed by atoms with Gasteiger partial charge in [0.05, 0.1) is 12.7 Å². The van der Waals surface area contributed by atoms with E-state index in [0.717, 1.165) is 25.2 Å². The van der Waals surface area contributed by atoms with Crippen molar-refractivity contribution in [1.29, 1.82) is 0 Å². The molecule has 1 aromatic rings. The zero-order valence-corrected chi connectivity index (χ0v) is 12.4. The highest BCUT2D eigenvalue weighted by atomic mass is 16.5. The number of carbonyl (C=O) groups is 1. The zero-order chi connectivity index (χ0) is 14.6. The van der Waals surface area contributed by atoms with E-state index in [1.807, 2.05) is 12.1 Å². The van der Waals surface area contributed by atoms with E-state index in [9.17, 15) is 4.79 Å². The average Bonchev–Trinajstić information content (AvgIpc) is 2.50. The first kappa shape index (κ1) is 16.5. The summed E-state index contributed by atoms with van der Waals surface area (Å²) in [7, 11) is 1.39. The van der Waals surface area contributed by atoms with E-state index in [-0.39, 0.29) is 5.97 Å². The number of carbonyl (C=O) groups excluding carboxylic acids is 1. The van der Waals surface area contributed by atoms with Crippen LogP contribution < -0.4 is 11.1 Å². The van der Waals surface area contributed by atoms with E-state index in [2.05, 4.69) is 10.1 Å². The highest BCUT2D eigenvalue weighted by molar-refractivity contribution is 5.89. The normalized spacial score (nSPS) is 10.3. The Hall–Kier alpha value is -1.55. The van der Waals surface area contributed by atoms with Gasteiger partial charge in [-0.3, -0.25) is 0 Å². The van der Waals surface area contributed by atoms with Crippen LogP contribution in [0, 0.1) is 0 Å². The molecule has 0 radical (unpaired) electrons. The Balaban J connectivity index is 2.11. The Bertz CT molecular complexity index is 377. The minimum atomic E-state index is -0.297. The van der Waals surface area contributed by atoms with Crippen molar-refractivity contribution in [3.05, 3.63) is 29.8 Å². The van der Waals surface area contributed by atoms with Gasteiger partial charge in [0.15, 0.2) is 0 Å². The minimum absolute atomic E-state index is 0.297. The van der Waals surface area contributed by atoms with Crippen molar-refractivity contribution in [3.8, 4) is 0 Å². The topological polar surface area (TPSA) is 64.3 Å². The molecule has 4 heteroatoms.